The predicted molar refractivity (Wildman–Crippen MR) is 143 cm³/mol. The van der Waals surface area contributed by atoms with E-state index >= 15 is 0 Å². The largest absolute Gasteiger partial charge is 0.427 e. The number of carbonyl (C=O) groups excluding carboxylic acids is 3. The van der Waals surface area contributed by atoms with E-state index in [1.165, 1.54) is 49.1 Å². The molecule has 2 aromatic carbocycles. The van der Waals surface area contributed by atoms with Crippen molar-refractivity contribution in [2.75, 3.05) is 6.54 Å². The van der Waals surface area contributed by atoms with E-state index in [2.05, 4.69) is 0 Å². The van der Waals surface area contributed by atoms with E-state index in [-0.39, 0.29) is 24.0 Å². The van der Waals surface area contributed by atoms with Crippen molar-refractivity contribution in [2.45, 2.75) is 44.1 Å². The molecule has 1 aromatic heterocycles. The summed E-state index contributed by atoms with van der Waals surface area (Å²) in [6.45, 7) is -0.767. The fraction of sp³-hybridized carbons (Fsp3) is 0.345. The van der Waals surface area contributed by atoms with Crippen LogP contribution in [0.15, 0.2) is 58.3 Å². The Hall–Kier alpha value is -4.75. The minimum absolute atomic E-state index is 0.0184. The van der Waals surface area contributed by atoms with Gasteiger partial charge in [-0.1, -0.05) is 30.3 Å². The SMILES string of the molecule is C[C@H](N(Cc1ccc(F)cc1)C(=O)CN1C(=O)O[C@@]2(CCc3cc(-c4cn(C)c(=O)n(C)c4=O)ccc32)C1=O)C(F)(F)F. The van der Waals surface area contributed by atoms with Crippen LogP contribution in [-0.2, 0) is 47.0 Å². The average Bonchev–Trinajstić information content (AvgIpc) is 3.44. The highest BCUT2D eigenvalue weighted by Gasteiger charge is 2.58. The van der Waals surface area contributed by atoms with Gasteiger partial charge in [-0.3, -0.25) is 19.0 Å². The van der Waals surface area contributed by atoms with E-state index in [9.17, 15) is 41.5 Å². The lowest BCUT2D eigenvalue weighted by Crippen LogP contribution is -2.51. The zero-order chi connectivity index (χ0) is 31.4. The fourth-order valence-electron chi connectivity index (χ4n) is 5.46. The molecule has 0 radical (unpaired) electrons. The number of hydrogen-bond donors (Lipinski definition) is 0. The van der Waals surface area contributed by atoms with E-state index in [0.717, 1.165) is 23.6 Å². The number of aryl methyl sites for hydroxylation is 2. The van der Waals surface area contributed by atoms with Gasteiger partial charge in [-0.25, -0.2) is 18.9 Å². The first-order valence-electron chi connectivity index (χ1n) is 13.2. The number of hydrogen-bond acceptors (Lipinski definition) is 6. The lowest BCUT2D eigenvalue weighted by molar-refractivity contribution is -0.187. The molecule has 3 amide bonds. The van der Waals surface area contributed by atoms with Gasteiger partial charge in [0, 0.05) is 38.8 Å². The molecule has 2 aliphatic rings. The monoisotopic (exact) mass is 602 g/mol. The second kappa shape index (κ2) is 10.5. The predicted octanol–water partition coefficient (Wildman–Crippen LogP) is 2.99. The van der Waals surface area contributed by atoms with Gasteiger partial charge in [-0.15, -0.1) is 0 Å². The third-order valence-electron chi connectivity index (χ3n) is 7.94. The Morgan fingerprint density at radius 1 is 1.07 bits per heavy atom. The number of nitrogens with zero attached hydrogens (tertiary/aromatic N) is 4. The molecule has 1 spiro atoms. The maximum absolute atomic E-state index is 13.7. The first-order valence-corrected chi connectivity index (χ1v) is 13.2. The van der Waals surface area contributed by atoms with E-state index in [0.29, 0.717) is 26.5 Å². The summed E-state index contributed by atoms with van der Waals surface area (Å²) in [6.07, 6.45) is -4.32. The van der Waals surface area contributed by atoms with Crippen LogP contribution < -0.4 is 11.2 Å². The lowest BCUT2D eigenvalue weighted by atomic mass is 9.93. The number of aromatic nitrogens is 2. The minimum atomic E-state index is -4.82. The summed E-state index contributed by atoms with van der Waals surface area (Å²) in [5.41, 5.74) is -0.980. The first-order chi connectivity index (χ1) is 20.1. The summed E-state index contributed by atoms with van der Waals surface area (Å²) in [5.74, 6) is -2.66. The number of fused-ring (bicyclic) bond motifs is 2. The van der Waals surface area contributed by atoms with Crippen molar-refractivity contribution in [3.8, 4) is 11.1 Å². The minimum Gasteiger partial charge on any atom is -0.427 e. The van der Waals surface area contributed by atoms with Crippen LogP contribution in [0.2, 0.25) is 0 Å². The van der Waals surface area contributed by atoms with Crippen molar-refractivity contribution in [1.29, 1.82) is 0 Å². The number of ether oxygens (including phenoxy) is 1. The third kappa shape index (κ3) is 5.10. The highest BCUT2D eigenvalue weighted by atomic mass is 19.4. The van der Waals surface area contributed by atoms with Crippen molar-refractivity contribution in [1.82, 2.24) is 18.9 Å². The van der Waals surface area contributed by atoms with Crippen LogP contribution in [0, 0.1) is 5.82 Å². The van der Waals surface area contributed by atoms with Gasteiger partial charge < -0.3 is 14.2 Å². The summed E-state index contributed by atoms with van der Waals surface area (Å²) in [4.78, 5) is 65.5. The second-order valence-corrected chi connectivity index (χ2v) is 10.6. The van der Waals surface area contributed by atoms with E-state index in [4.69, 9.17) is 4.74 Å². The molecule has 5 rings (SSSR count). The summed E-state index contributed by atoms with van der Waals surface area (Å²) in [7, 11) is 2.84. The zero-order valence-electron chi connectivity index (χ0n) is 23.3. The summed E-state index contributed by atoms with van der Waals surface area (Å²) < 4.78 is 62.1. The van der Waals surface area contributed by atoms with Crippen LogP contribution in [0.5, 0.6) is 0 Å². The van der Waals surface area contributed by atoms with Gasteiger partial charge in [0.1, 0.15) is 18.4 Å². The number of benzene rings is 2. The summed E-state index contributed by atoms with van der Waals surface area (Å²) in [5, 5.41) is 0. The van der Waals surface area contributed by atoms with Crippen LogP contribution in [-0.4, -0.2) is 55.6 Å². The van der Waals surface area contributed by atoms with E-state index in [1.807, 2.05) is 0 Å². The van der Waals surface area contributed by atoms with Crippen molar-refractivity contribution in [3.05, 3.63) is 92.0 Å². The quantitative estimate of drug-likeness (QED) is 0.402. The van der Waals surface area contributed by atoms with Crippen molar-refractivity contribution in [3.63, 3.8) is 0 Å². The maximum atomic E-state index is 13.7. The molecule has 43 heavy (non-hydrogen) atoms. The van der Waals surface area contributed by atoms with Crippen LogP contribution >= 0.6 is 0 Å². The highest BCUT2D eigenvalue weighted by Crippen LogP contribution is 2.46. The van der Waals surface area contributed by atoms with Crippen molar-refractivity contribution < 1.29 is 36.7 Å². The fourth-order valence-corrected chi connectivity index (χ4v) is 5.46. The molecule has 3 aromatic rings. The van der Waals surface area contributed by atoms with Gasteiger partial charge in [0.25, 0.3) is 11.5 Å². The lowest BCUT2D eigenvalue weighted by Gasteiger charge is -2.31. The Morgan fingerprint density at radius 2 is 1.74 bits per heavy atom. The number of amides is 3. The molecule has 2 heterocycles. The Balaban J connectivity index is 1.42. The van der Waals surface area contributed by atoms with Gasteiger partial charge in [-0.2, -0.15) is 13.2 Å². The van der Waals surface area contributed by atoms with Crippen LogP contribution in [0.3, 0.4) is 0 Å². The summed E-state index contributed by atoms with van der Waals surface area (Å²) >= 11 is 0. The van der Waals surface area contributed by atoms with Gasteiger partial charge in [0.15, 0.2) is 0 Å². The molecule has 1 fully saturated rings. The first kappa shape index (κ1) is 29.7. The smallest absolute Gasteiger partial charge is 0.418 e. The number of rotatable bonds is 6. The molecule has 1 saturated heterocycles. The Labute approximate surface area is 241 Å². The van der Waals surface area contributed by atoms with Crippen LogP contribution in [0.1, 0.15) is 30.0 Å². The Morgan fingerprint density at radius 3 is 2.40 bits per heavy atom. The Bertz CT molecular complexity index is 1760. The van der Waals surface area contributed by atoms with Crippen LogP contribution in [0.25, 0.3) is 11.1 Å². The molecular formula is C29H26F4N4O6. The molecule has 1 aliphatic heterocycles. The number of alkyl halides is 3. The second-order valence-electron chi connectivity index (χ2n) is 10.6. The zero-order valence-corrected chi connectivity index (χ0v) is 23.3. The molecule has 0 unspecified atom stereocenters. The van der Waals surface area contributed by atoms with E-state index in [1.54, 1.807) is 6.07 Å². The molecule has 2 atom stereocenters. The molecule has 0 saturated carbocycles. The Kier molecular flexibility index (Phi) is 7.27. The number of carbonyl (C=O) groups is 3. The van der Waals surface area contributed by atoms with Gasteiger partial charge >= 0.3 is 18.0 Å². The number of imide groups is 1. The van der Waals surface area contributed by atoms with E-state index < -0.39 is 65.9 Å². The summed E-state index contributed by atoms with van der Waals surface area (Å²) in [6, 6.07) is 6.99. The van der Waals surface area contributed by atoms with Crippen LogP contribution in [0.4, 0.5) is 22.4 Å². The topological polar surface area (TPSA) is 111 Å². The highest BCUT2D eigenvalue weighted by molar-refractivity contribution is 6.06. The molecule has 226 valence electrons. The molecule has 14 heteroatoms. The molecule has 1 aliphatic carbocycles. The molecular weight excluding hydrogens is 576 g/mol. The third-order valence-corrected chi connectivity index (χ3v) is 7.94. The van der Waals surface area contributed by atoms with Crippen molar-refractivity contribution in [2.24, 2.45) is 14.1 Å². The molecule has 10 nitrogen and oxygen atoms in total. The molecule has 0 N–H and O–H groups in total. The van der Waals surface area contributed by atoms with Gasteiger partial charge in [0.05, 0.1) is 5.56 Å². The number of halogens is 4. The maximum Gasteiger partial charge on any atom is 0.418 e. The standard InChI is InChI=1S/C29H26F4N4O6/c1-16(29(31,32)33)36(13-17-4-7-20(30)8-5-17)23(38)15-37-25(40)28(43-27(37)42)11-10-19-12-18(6-9-22(19)28)21-14-34(2)26(41)35(3)24(21)39/h4-9,12,14,16H,10-11,13,15H2,1-3H3/t16-,28+/m0/s1. The van der Waals surface area contributed by atoms with Crippen molar-refractivity contribution >= 4 is 17.9 Å². The van der Waals surface area contributed by atoms with Gasteiger partial charge in [-0.05, 0) is 42.2 Å². The normalized spacial score (nSPS) is 18.6. The molecule has 0 bridgehead atoms. The average molecular weight is 603 g/mol. The van der Waals surface area contributed by atoms with Gasteiger partial charge in [0.2, 0.25) is 11.5 Å².